The first-order chi connectivity index (χ1) is 5.68. The van der Waals surface area contributed by atoms with Gasteiger partial charge in [0.15, 0.2) is 0 Å². The number of aliphatic carboxylic acids is 1. The molecule has 0 spiro atoms. The van der Waals surface area contributed by atoms with Crippen molar-refractivity contribution in [1.29, 1.82) is 0 Å². The van der Waals surface area contributed by atoms with Gasteiger partial charge in [0.2, 0.25) is 5.91 Å². The van der Waals surface area contributed by atoms with Crippen molar-refractivity contribution in [3.8, 4) is 0 Å². The molecule has 1 heterocycles. The Hall–Kier alpha value is -1.06. The smallest absolute Gasteiger partial charge is 0.326 e. The molecule has 0 aromatic carbocycles. The van der Waals surface area contributed by atoms with Crippen molar-refractivity contribution >= 4 is 11.9 Å². The van der Waals surface area contributed by atoms with E-state index >= 15 is 0 Å². The zero-order valence-corrected chi connectivity index (χ0v) is 6.62. The largest absolute Gasteiger partial charge is 0.480 e. The summed E-state index contributed by atoms with van der Waals surface area (Å²) in [5, 5.41) is 11.2. The van der Waals surface area contributed by atoms with E-state index in [1.807, 2.05) is 0 Å². The summed E-state index contributed by atoms with van der Waals surface area (Å²) >= 11 is 0. The Morgan fingerprint density at radius 3 is 2.67 bits per heavy atom. The standard InChI is InChI=1S/C8H11NO3/c10-6-3-5(4-1-2-4)7(9-6)8(11)12/h4-5,7H,1-3H2,(H,9,10)(H,11,12). The van der Waals surface area contributed by atoms with Crippen molar-refractivity contribution < 1.29 is 14.7 Å². The maximum Gasteiger partial charge on any atom is 0.326 e. The molecular formula is C8H11NO3. The molecule has 2 rings (SSSR count). The van der Waals surface area contributed by atoms with Crippen molar-refractivity contribution in [3.05, 3.63) is 0 Å². The van der Waals surface area contributed by atoms with E-state index < -0.39 is 12.0 Å². The number of rotatable bonds is 2. The first kappa shape index (κ1) is 7.58. The van der Waals surface area contributed by atoms with Gasteiger partial charge >= 0.3 is 5.97 Å². The van der Waals surface area contributed by atoms with Crippen molar-refractivity contribution in [3.63, 3.8) is 0 Å². The van der Waals surface area contributed by atoms with E-state index in [2.05, 4.69) is 5.32 Å². The van der Waals surface area contributed by atoms with Crippen molar-refractivity contribution in [1.82, 2.24) is 5.32 Å². The highest BCUT2D eigenvalue weighted by atomic mass is 16.4. The van der Waals surface area contributed by atoms with Crippen molar-refractivity contribution in [2.75, 3.05) is 0 Å². The minimum Gasteiger partial charge on any atom is -0.480 e. The maximum atomic E-state index is 10.9. The first-order valence-corrected chi connectivity index (χ1v) is 4.20. The van der Waals surface area contributed by atoms with Crippen LogP contribution in [0.25, 0.3) is 0 Å². The quantitative estimate of drug-likeness (QED) is 0.610. The van der Waals surface area contributed by atoms with Crippen LogP contribution in [0.2, 0.25) is 0 Å². The number of nitrogens with one attached hydrogen (secondary N) is 1. The Bertz CT molecular complexity index is 234. The van der Waals surface area contributed by atoms with Crippen LogP contribution >= 0.6 is 0 Å². The average Bonchev–Trinajstić information content (AvgIpc) is 2.75. The highest BCUT2D eigenvalue weighted by Gasteiger charge is 2.45. The van der Waals surface area contributed by atoms with E-state index in [0.717, 1.165) is 12.8 Å². The molecule has 1 aliphatic carbocycles. The fourth-order valence-electron chi connectivity index (χ4n) is 1.88. The molecule has 4 heteroatoms. The number of amides is 1. The first-order valence-electron chi connectivity index (χ1n) is 4.20. The Kier molecular flexibility index (Phi) is 1.56. The molecule has 0 aromatic rings. The Labute approximate surface area is 69.9 Å². The fraction of sp³-hybridized carbons (Fsp3) is 0.750. The molecule has 1 saturated heterocycles. The molecule has 2 aliphatic rings. The molecule has 12 heavy (non-hydrogen) atoms. The SMILES string of the molecule is O=C1CC(C2CC2)C(C(=O)O)N1. The lowest BCUT2D eigenvalue weighted by atomic mass is 9.95. The zero-order valence-electron chi connectivity index (χ0n) is 6.62. The molecule has 2 N–H and O–H groups in total. The predicted molar refractivity (Wildman–Crippen MR) is 40.4 cm³/mol. The minimum absolute atomic E-state index is 0.0509. The summed E-state index contributed by atoms with van der Waals surface area (Å²) in [6, 6.07) is -0.620. The number of hydrogen-bond donors (Lipinski definition) is 2. The average molecular weight is 169 g/mol. The lowest BCUT2D eigenvalue weighted by Crippen LogP contribution is -2.37. The van der Waals surface area contributed by atoms with Crippen molar-refractivity contribution in [2.45, 2.75) is 25.3 Å². The van der Waals surface area contributed by atoms with Gasteiger partial charge in [-0.3, -0.25) is 4.79 Å². The Morgan fingerprint density at radius 1 is 1.50 bits per heavy atom. The molecule has 2 atom stereocenters. The molecule has 0 radical (unpaired) electrons. The summed E-state index contributed by atoms with van der Waals surface area (Å²) < 4.78 is 0. The van der Waals surface area contributed by atoms with Crippen molar-refractivity contribution in [2.24, 2.45) is 11.8 Å². The van der Waals surface area contributed by atoms with Gasteiger partial charge in [-0.2, -0.15) is 0 Å². The molecule has 2 unspecified atom stereocenters. The lowest BCUT2D eigenvalue weighted by molar-refractivity contribution is -0.141. The third-order valence-corrected chi connectivity index (χ3v) is 2.66. The Balaban J connectivity index is 2.09. The van der Waals surface area contributed by atoms with E-state index in [0.29, 0.717) is 12.3 Å². The highest BCUT2D eigenvalue weighted by molar-refractivity contribution is 5.88. The van der Waals surface area contributed by atoms with Crippen LogP contribution in [0.1, 0.15) is 19.3 Å². The van der Waals surface area contributed by atoms with Gasteiger partial charge in [0, 0.05) is 12.3 Å². The zero-order chi connectivity index (χ0) is 8.72. The number of carbonyl (C=O) groups is 2. The second-order valence-electron chi connectivity index (χ2n) is 3.59. The van der Waals surface area contributed by atoms with Gasteiger partial charge in [0.25, 0.3) is 0 Å². The summed E-state index contributed by atoms with van der Waals surface area (Å²) in [6.07, 6.45) is 2.58. The van der Waals surface area contributed by atoms with E-state index in [-0.39, 0.29) is 11.8 Å². The summed E-state index contributed by atoms with van der Waals surface area (Å²) in [7, 11) is 0. The van der Waals surface area contributed by atoms with Gasteiger partial charge < -0.3 is 10.4 Å². The molecule has 2 fully saturated rings. The molecule has 1 amide bonds. The summed E-state index contributed by atoms with van der Waals surface area (Å²) in [5.74, 6) is -0.475. The predicted octanol–water partition coefficient (Wildman–Crippen LogP) is -0.0143. The lowest BCUT2D eigenvalue weighted by Gasteiger charge is -2.12. The minimum atomic E-state index is -0.891. The van der Waals surface area contributed by atoms with Crippen LogP contribution < -0.4 is 5.32 Å². The van der Waals surface area contributed by atoms with E-state index in [9.17, 15) is 9.59 Å². The molecule has 4 nitrogen and oxygen atoms in total. The summed E-state index contributed by atoms with van der Waals surface area (Å²) in [4.78, 5) is 21.6. The number of carboxylic acid groups (broad SMARTS) is 1. The number of hydrogen-bond acceptors (Lipinski definition) is 2. The van der Waals surface area contributed by atoms with Crippen LogP contribution in [0.3, 0.4) is 0 Å². The second-order valence-corrected chi connectivity index (χ2v) is 3.59. The number of carbonyl (C=O) groups excluding carboxylic acids is 1. The monoisotopic (exact) mass is 169 g/mol. The van der Waals surface area contributed by atoms with Gasteiger partial charge in [-0.05, 0) is 18.8 Å². The Morgan fingerprint density at radius 2 is 2.17 bits per heavy atom. The molecule has 1 aliphatic heterocycles. The van der Waals surface area contributed by atoms with Gasteiger partial charge in [0.1, 0.15) is 6.04 Å². The summed E-state index contributed by atoms with van der Waals surface area (Å²) in [5.41, 5.74) is 0. The topological polar surface area (TPSA) is 66.4 Å². The number of carboxylic acids is 1. The van der Waals surface area contributed by atoms with E-state index in [1.54, 1.807) is 0 Å². The van der Waals surface area contributed by atoms with Crippen LogP contribution in [-0.2, 0) is 9.59 Å². The molecular weight excluding hydrogens is 158 g/mol. The van der Waals surface area contributed by atoms with Gasteiger partial charge in [-0.1, -0.05) is 0 Å². The van der Waals surface area contributed by atoms with Gasteiger partial charge in [-0.15, -0.1) is 0 Å². The normalized spacial score (nSPS) is 34.8. The molecule has 66 valence electrons. The third-order valence-electron chi connectivity index (χ3n) is 2.66. The molecule has 1 saturated carbocycles. The van der Waals surface area contributed by atoms with Crippen LogP contribution in [-0.4, -0.2) is 23.0 Å². The molecule has 0 bridgehead atoms. The van der Waals surface area contributed by atoms with Crippen LogP contribution in [0.15, 0.2) is 0 Å². The van der Waals surface area contributed by atoms with Gasteiger partial charge in [-0.25, -0.2) is 4.79 Å². The van der Waals surface area contributed by atoms with Crippen LogP contribution in [0.5, 0.6) is 0 Å². The van der Waals surface area contributed by atoms with Crippen LogP contribution in [0.4, 0.5) is 0 Å². The second kappa shape index (κ2) is 2.47. The fourth-order valence-corrected chi connectivity index (χ4v) is 1.88. The van der Waals surface area contributed by atoms with Crippen LogP contribution in [0, 0.1) is 11.8 Å². The van der Waals surface area contributed by atoms with E-state index in [4.69, 9.17) is 5.11 Å². The maximum absolute atomic E-state index is 10.9. The third kappa shape index (κ3) is 1.17. The van der Waals surface area contributed by atoms with Gasteiger partial charge in [0.05, 0.1) is 0 Å². The summed E-state index contributed by atoms with van der Waals surface area (Å²) in [6.45, 7) is 0. The van der Waals surface area contributed by atoms with E-state index in [1.165, 1.54) is 0 Å². The molecule has 0 aromatic heterocycles. The highest BCUT2D eigenvalue weighted by Crippen LogP contribution is 2.42.